The molecule has 15 heavy (non-hydrogen) atoms. The zero-order chi connectivity index (χ0) is 11.3. The first-order chi connectivity index (χ1) is 7.01. The van der Waals surface area contributed by atoms with Crippen LogP contribution in [0, 0.1) is 5.41 Å². The van der Waals surface area contributed by atoms with Gasteiger partial charge in [-0.15, -0.1) is 0 Å². The number of unbranched alkanes of at least 4 members (excludes halogenated alkanes) is 1. The van der Waals surface area contributed by atoms with Gasteiger partial charge in [-0.25, -0.2) is 0 Å². The van der Waals surface area contributed by atoms with Gasteiger partial charge in [0.25, 0.3) is 0 Å². The molecular formula is C15H24. The Morgan fingerprint density at radius 3 is 1.93 bits per heavy atom. The van der Waals surface area contributed by atoms with Gasteiger partial charge in [0.1, 0.15) is 0 Å². The molecule has 1 aromatic carbocycles. The van der Waals surface area contributed by atoms with Crippen LogP contribution in [-0.2, 0) is 12.8 Å². The fraction of sp³-hybridized carbons (Fsp3) is 0.600. The van der Waals surface area contributed by atoms with Crippen LogP contribution in [0.2, 0.25) is 0 Å². The summed E-state index contributed by atoms with van der Waals surface area (Å²) >= 11 is 0. The summed E-state index contributed by atoms with van der Waals surface area (Å²) in [5.41, 5.74) is 3.34. The van der Waals surface area contributed by atoms with Gasteiger partial charge in [-0.05, 0) is 35.8 Å². The number of aryl methyl sites for hydroxylation is 1. The fourth-order valence-electron chi connectivity index (χ4n) is 1.82. The highest BCUT2D eigenvalue weighted by Crippen LogP contribution is 2.20. The van der Waals surface area contributed by atoms with Gasteiger partial charge in [0.05, 0.1) is 0 Å². The highest BCUT2D eigenvalue weighted by Gasteiger charge is 2.10. The van der Waals surface area contributed by atoms with Gasteiger partial charge >= 0.3 is 0 Å². The van der Waals surface area contributed by atoms with E-state index in [-0.39, 0.29) is 0 Å². The molecule has 0 unspecified atom stereocenters. The summed E-state index contributed by atoms with van der Waals surface area (Å²) in [6.45, 7) is 9.11. The lowest BCUT2D eigenvalue weighted by molar-refractivity contribution is 0.411. The Balaban J connectivity index is 2.56. The highest BCUT2D eigenvalue weighted by atomic mass is 14.2. The van der Waals surface area contributed by atoms with Crippen LogP contribution in [0.3, 0.4) is 0 Å². The lowest BCUT2D eigenvalue weighted by Crippen LogP contribution is -2.08. The summed E-state index contributed by atoms with van der Waals surface area (Å²) in [7, 11) is 0. The Labute approximate surface area is 94.7 Å². The van der Waals surface area contributed by atoms with Gasteiger partial charge in [0.2, 0.25) is 0 Å². The number of benzene rings is 1. The van der Waals surface area contributed by atoms with E-state index in [0.717, 1.165) is 0 Å². The predicted octanol–water partition coefficient (Wildman–Crippen LogP) is 4.62. The van der Waals surface area contributed by atoms with E-state index in [9.17, 15) is 0 Å². The second-order valence-electron chi connectivity index (χ2n) is 5.66. The third-order valence-electron chi connectivity index (χ3n) is 2.58. The smallest absolute Gasteiger partial charge is 0.0230 e. The largest absolute Gasteiger partial charge is 0.0654 e. The van der Waals surface area contributed by atoms with Crippen molar-refractivity contribution in [3.8, 4) is 0 Å². The molecule has 0 fully saturated rings. The Kier molecular flexibility index (Phi) is 4.38. The molecule has 1 aromatic rings. The van der Waals surface area contributed by atoms with E-state index in [0.29, 0.717) is 5.41 Å². The van der Waals surface area contributed by atoms with Gasteiger partial charge in [-0.3, -0.25) is 0 Å². The van der Waals surface area contributed by atoms with Crippen LogP contribution in [0.25, 0.3) is 0 Å². The van der Waals surface area contributed by atoms with Crippen molar-refractivity contribution in [1.82, 2.24) is 0 Å². The molecule has 0 saturated heterocycles. The minimum Gasteiger partial charge on any atom is -0.0654 e. The summed E-state index contributed by atoms with van der Waals surface area (Å²) in [5.74, 6) is 0. The molecule has 0 N–H and O–H groups in total. The molecule has 0 aromatic heterocycles. The number of hydrogen-bond acceptors (Lipinski definition) is 0. The van der Waals surface area contributed by atoms with Crippen LogP contribution in [0.1, 0.15) is 51.7 Å². The normalized spacial score (nSPS) is 11.7. The van der Waals surface area contributed by atoms with E-state index in [4.69, 9.17) is 0 Å². The predicted molar refractivity (Wildman–Crippen MR) is 68.2 cm³/mol. The third kappa shape index (κ3) is 5.01. The molecule has 84 valence electrons. The van der Waals surface area contributed by atoms with Crippen molar-refractivity contribution in [1.29, 1.82) is 0 Å². The lowest BCUT2D eigenvalue weighted by Gasteiger charge is -2.18. The quantitative estimate of drug-likeness (QED) is 0.671. The SMILES string of the molecule is CCCCc1ccc(CC(C)(C)C)cc1. The van der Waals surface area contributed by atoms with E-state index < -0.39 is 0 Å². The van der Waals surface area contributed by atoms with Crippen molar-refractivity contribution in [2.24, 2.45) is 5.41 Å². The van der Waals surface area contributed by atoms with Crippen LogP contribution in [0.15, 0.2) is 24.3 Å². The zero-order valence-electron chi connectivity index (χ0n) is 10.6. The molecule has 0 saturated carbocycles. The van der Waals surface area contributed by atoms with Gasteiger partial charge in [0, 0.05) is 0 Å². The topological polar surface area (TPSA) is 0 Å². The Bertz CT molecular complexity index is 274. The molecule has 0 aliphatic rings. The van der Waals surface area contributed by atoms with E-state index in [1.54, 1.807) is 0 Å². The van der Waals surface area contributed by atoms with E-state index in [2.05, 4.69) is 52.0 Å². The standard InChI is InChI=1S/C15H24/c1-5-6-7-13-8-10-14(11-9-13)12-15(2,3)4/h8-11H,5-7,12H2,1-4H3. The maximum absolute atomic E-state index is 2.29. The molecule has 0 atom stereocenters. The van der Waals surface area contributed by atoms with Gasteiger partial charge in [-0.2, -0.15) is 0 Å². The van der Waals surface area contributed by atoms with Crippen molar-refractivity contribution >= 4 is 0 Å². The van der Waals surface area contributed by atoms with Crippen LogP contribution >= 0.6 is 0 Å². The summed E-state index contributed by atoms with van der Waals surface area (Å²) in [6, 6.07) is 9.15. The van der Waals surface area contributed by atoms with Crippen LogP contribution in [0.5, 0.6) is 0 Å². The van der Waals surface area contributed by atoms with E-state index in [1.807, 2.05) is 0 Å². The average Bonchev–Trinajstić information content (AvgIpc) is 2.14. The van der Waals surface area contributed by atoms with E-state index in [1.165, 1.54) is 36.8 Å². The molecule has 0 nitrogen and oxygen atoms in total. The molecule has 0 heteroatoms. The zero-order valence-corrected chi connectivity index (χ0v) is 10.6. The molecule has 0 amide bonds. The van der Waals surface area contributed by atoms with Crippen molar-refractivity contribution in [3.63, 3.8) is 0 Å². The first-order valence-electron chi connectivity index (χ1n) is 6.09. The second kappa shape index (κ2) is 5.34. The molecular weight excluding hydrogens is 180 g/mol. The van der Waals surface area contributed by atoms with E-state index >= 15 is 0 Å². The first kappa shape index (κ1) is 12.3. The van der Waals surface area contributed by atoms with Crippen molar-refractivity contribution in [2.75, 3.05) is 0 Å². The van der Waals surface area contributed by atoms with Crippen LogP contribution in [0.4, 0.5) is 0 Å². The number of rotatable bonds is 4. The Hall–Kier alpha value is -0.780. The van der Waals surface area contributed by atoms with Crippen LogP contribution in [-0.4, -0.2) is 0 Å². The molecule has 0 aliphatic heterocycles. The van der Waals surface area contributed by atoms with Gasteiger partial charge in [-0.1, -0.05) is 58.4 Å². The van der Waals surface area contributed by atoms with Crippen molar-refractivity contribution < 1.29 is 0 Å². The van der Waals surface area contributed by atoms with Gasteiger partial charge < -0.3 is 0 Å². The van der Waals surface area contributed by atoms with Crippen molar-refractivity contribution in [2.45, 2.75) is 53.4 Å². The summed E-state index contributed by atoms with van der Waals surface area (Å²) in [6.07, 6.45) is 4.98. The molecule has 0 spiro atoms. The summed E-state index contributed by atoms with van der Waals surface area (Å²) in [5, 5.41) is 0. The molecule has 0 bridgehead atoms. The highest BCUT2D eigenvalue weighted by molar-refractivity contribution is 5.23. The third-order valence-corrected chi connectivity index (χ3v) is 2.58. The maximum Gasteiger partial charge on any atom is -0.0230 e. The average molecular weight is 204 g/mol. The molecule has 0 aliphatic carbocycles. The first-order valence-corrected chi connectivity index (χ1v) is 6.09. The van der Waals surface area contributed by atoms with Crippen LogP contribution < -0.4 is 0 Å². The Morgan fingerprint density at radius 1 is 0.933 bits per heavy atom. The lowest BCUT2D eigenvalue weighted by atomic mass is 9.88. The second-order valence-corrected chi connectivity index (χ2v) is 5.66. The minimum absolute atomic E-state index is 0.394. The molecule has 1 rings (SSSR count). The Morgan fingerprint density at radius 2 is 1.47 bits per heavy atom. The maximum atomic E-state index is 2.29. The minimum atomic E-state index is 0.394. The fourth-order valence-corrected chi connectivity index (χ4v) is 1.82. The number of hydrogen-bond donors (Lipinski definition) is 0. The molecule has 0 heterocycles. The summed E-state index contributed by atoms with van der Waals surface area (Å²) < 4.78 is 0. The monoisotopic (exact) mass is 204 g/mol. The van der Waals surface area contributed by atoms with Crippen molar-refractivity contribution in [3.05, 3.63) is 35.4 Å². The summed E-state index contributed by atoms with van der Waals surface area (Å²) in [4.78, 5) is 0. The van der Waals surface area contributed by atoms with Gasteiger partial charge in [0.15, 0.2) is 0 Å². The molecule has 0 radical (unpaired) electrons.